The van der Waals surface area contributed by atoms with Crippen molar-refractivity contribution in [3.8, 4) is 0 Å². The average Bonchev–Trinajstić information content (AvgIpc) is 2.92. The van der Waals surface area contributed by atoms with Crippen LogP contribution in [0.15, 0.2) is 24.3 Å². The predicted octanol–water partition coefficient (Wildman–Crippen LogP) is 0.900. The third kappa shape index (κ3) is 4.33. The predicted molar refractivity (Wildman–Crippen MR) is 76.7 cm³/mol. The number of likely N-dealkylation sites (tertiary alicyclic amines) is 1. The summed E-state index contributed by atoms with van der Waals surface area (Å²) in [5.41, 5.74) is 7.75. The third-order valence-electron chi connectivity index (χ3n) is 3.64. The minimum absolute atomic E-state index is 0.0834. The number of nitrogens with zero attached hydrogens (tertiary/aromatic N) is 1. The molecule has 1 aliphatic heterocycles. The summed E-state index contributed by atoms with van der Waals surface area (Å²) >= 11 is 0. The van der Waals surface area contributed by atoms with Crippen LogP contribution in [0, 0.1) is 0 Å². The summed E-state index contributed by atoms with van der Waals surface area (Å²) in [7, 11) is 0. The maximum atomic E-state index is 11.9. The van der Waals surface area contributed by atoms with Crippen LogP contribution in [0.2, 0.25) is 0 Å². The van der Waals surface area contributed by atoms with Gasteiger partial charge in [-0.15, -0.1) is 0 Å². The summed E-state index contributed by atoms with van der Waals surface area (Å²) in [6.45, 7) is 4.53. The Labute approximate surface area is 115 Å². The fraction of sp³-hybridized carbons (Fsp3) is 0.533. The van der Waals surface area contributed by atoms with Crippen molar-refractivity contribution in [3.05, 3.63) is 35.4 Å². The molecule has 0 unspecified atom stereocenters. The molecule has 19 heavy (non-hydrogen) atoms. The smallest absolute Gasteiger partial charge is 0.224 e. The van der Waals surface area contributed by atoms with E-state index >= 15 is 0 Å². The minimum atomic E-state index is 0.0834. The molecule has 1 aromatic carbocycles. The van der Waals surface area contributed by atoms with Crippen molar-refractivity contribution in [2.75, 3.05) is 26.2 Å². The number of carbonyl (C=O) groups is 1. The van der Waals surface area contributed by atoms with Gasteiger partial charge in [-0.2, -0.15) is 0 Å². The average molecular weight is 261 g/mol. The van der Waals surface area contributed by atoms with Gasteiger partial charge in [0.05, 0.1) is 6.42 Å². The second-order valence-corrected chi connectivity index (χ2v) is 5.05. The molecule has 1 heterocycles. The molecule has 0 saturated carbocycles. The van der Waals surface area contributed by atoms with Crippen molar-refractivity contribution < 1.29 is 4.79 Å². The van der Waals surface area contributed by atoms with Crippen molar-refractivity contribution in [3.63, 3.8) is 0 Å². The molecular weight excluding hydrogens is 238 g/mol. The molecule has 1 amide bonds. The van der Waals surface area contributed by atoms with Crippen LogP contribution in [-0.4, -0.2) is 37.0 Å². The summed E-state index contributed by atoms with van der Waals surface area (Å²) in [4.78, 5) is 14.3. The van der Waals surface area contributed by atoms with Crippen molar-refractivity contribution in [1.29, 1.82) is 0 Å². The van der Waals surface area contributed by atoms with Gasteiger partial charge < -0.3 is 16.0 Å². The summed E-state index contributed by atoms with van der Waals surface area (Å²) in [5.74, 6) is 0.0834. The molecule has 1 saturated heterocycles. The molecule has 0 radical (unpaired) electrons. The Morgan fingerprint density at radius 3 is 2.58 bits per heavy atom. The highest BCUT2D eigenvalue weighted by Crippen LogP contribution is 2.08. The Morgan fingerprint density at radius 1 is 1.21 bits per heavy atom. The van der Waals surface area contributed by atoms with Gasteiger partial charge in [0.2, 0.25) is 5.91 Å². The number of amides is 1. The van der Waals surface area contributed by atoms with Crippen LogP contribution in [-0.2, 0) is 17.8 Å². The number of hydrogen-bond acceptors (Lipinski definition) is 3. The first-order valence-corrected chi connectivity index (χ1v) is 7.05. The maximum Gasteiger partial charge on any atom is 0.224 e. The van der Waals surface area contributed by atoms with E-state index in [9.17, 15) is 4.79 Å². The Balaban J connectivity index is 1.74. The Hall–Kier alpha value is -1.39. The zero-order valence-corrected chi connectivity index (χ0v) is 11.4. The number of nitrogens with one attached hydrogen (secondary N) is 1. The molecule has 0 atom stereocenters. The Morgan fingerprint density at radius 2 is 1.89 bits per heavy atom. The van der Waals surface area contributed by atoms with Gasteiger partial charge in [0.25, 0.3) is 0 Å². The highest BCUT2D eigenvalue weighted by Gasteiger charge is 2.11. The number of benzene rings is 1. The van der Waals surface area contributed by atoms with Gasteiger partial charge in [0.15, 0.2) is 0 Å². The molecular formula is C15H23N3O. The maximum absolute atomic E-state index is 11.9. The lowest BCUT2D eigenvalue weighted by Gasteiger charge is -2.15. The van der Waals surface area contributed by atoms with Crippen molar-refractivity contribution in [2.45, 2.75) is 25.8 Å². The van der Waals surface area contributed by atoms with Crippen LogP contribution in [0.4, 0.5) is 0 Å². The van der Waals surface area contributed by atoms with E-state index in [1.165, 1.54) is 25.9 Å². The quantitative estimate of drug-likeness (QED) is 0.800. The molecule has 104 valence electrons. The number of carbonyl (C=O) groups excluding carboxylic acids is 1. The molecule has 0 spiro atoms. The van der Waals surface area contributed by atoms with Crippen LogP contribution in [0.1, 0.15) is 24.0 Å². The van der Waals surface area contributed by atoms with E-state index in [1.54, 1.807) is 0 Å². The zero-order valence-electron chi connectivity index (χ0n) is 11.4. The molecule has 0 aliphatic carbocycles. The lowest BCUT2D eigenvalue weighted by Crippen LogP contribution is -2.34. The van der Waals surface area contributed by atoms with Gasteiger partial charge in [-0.3, -0.25) is 4.79 Å². The summed E-state index contributed by atoms with van der Waals surface area (Å²) in [6, 6.07) is 7.86. The second-order valence-electron chi connectivity index (χ2n) is 5.05. The Kier molecular flexibility index (Phi) is 5.36. The van der Waals surface area contributed by atoms with E-state index in [0.29, 0.717) is 13.0 Å². The van der Waals surface area contributed by atoms with Crippen LogP contribution in [0.3, 0.4) is 0 Å². The minimum Gasteiger partial charge on any atom is -0.355 e. The number of hydrogen-bond donors (Lipinski definition) is 2. The van der Waals surface area contributed by atoms with E-state index in [4.69, 9.17) is 5.73 Å². The molecule has 3 N–H and O–H groups in total. The summed E-state index contributed by atoms with van der Waals surface area (Å²) in [5, 5.41) is 2.99. The van der Waals surface area contributed by atoms with Crippen LogP contribution >= 0.6 is 0 Å². The van der Waals surface area contributed by atoms with Crippen molar-refractivity contribution in [1.82, 2.24) is 10.2 Å². The molecule has 1 fully saturated rings. The third-order valence-corrected chi connectivity index (χ3v) is 3.64. The van der Waals surface area contributed by atoms with Crippen LogP contribution in [0.5, 0.6) is 0 Å². The first-order valence-electron chi connectivity index (χ1n) is 7.05. The van der Waals surface area contributed by atoms with Gasteiger partial charge in [0.1, 0.15) is 0 Å². The van der Waals surface area contributed by atoms with E-state index in [0.717, 1.165) is 24.2 Å². The fourth-order valence-corrected chi connectivity index (χ4v) is 2.52. The van der Waals surface area contributed by atoms with Crippen LogP contribution < -0.4 is 11.1 Å². The molecule has 0 aromatic heterocycles. The fourth-order valence-electron chi connectivity index (χ4n) is 2.52. The van der Waals surface area contributed by atoms with Gasteiger partial charge >= 0.3 is 0 Å². The van der Waals surface area contributed by atoms with Gasteiger partial charge in [0, 0.05) is 19.6 Å². The lowest BCUT2D eigenvalue weighted by molar-refractivity contribution is -0.120. The first kappa shape index (κ1) is 14.0. The lowest BCUT2D eigenvalue weighted by atomic mass is 10.0. The highest BCUT2D eigenvalue weighted by molar-refractivity contribution is 5.78. The van der Waals surface area contributed by atoms with Gasteiger partial charge in [-0.1, -0.05) is 24.3 Å². The molecule has 4 heteroatoms. The standard InChI is InChI=1S/C15H23N3O/c16-12-14-6-2-1-5-13(14)11-15(19)17-7-10-18-8-3-4-9-18/h1-2,5-6H,3-4,7-12,16H2,(H,17,19). The molecule has 4 nitrogen and oxygen atoms in total. The van der Waals surface area contributed by atoms with E-state index in [2.05, 4.69) is 10.2 Å². The summed E-state index contributed by atoms with van der Waals surface area (Å²) < 4.78 is 0. The molecule has 1 aliphatic rings. The van der Waals surface area contributed by atoms with E-state index < -0.39 is 0 Å². The first-order chi connectivity index (χ1) is 9.29. The van der Waals surface area contributed by atoms with Crippen molar-refractivity contribution in [2.24, 2.45) is 5.73 Å². The molecule has 2 rings (SSSR count). The normalized spacial score (nSPS) is 15.6. The summed E-state index contributed by atoms with van der Waals surface area (Å²) in [6.07, 6.45) is 3.00. The Bertz CT molecular complexity index is 414. The van der Waals surface area contributed by atoms with Gasteiger partial charge in [-0.05, 0) is 37.1 Å². The molecule has 1 aromatic rings. The zero-order chi connectivity index (χ0) is 13.5. The second kappa shape index (κ2) is 7.26. The number of nitrogens with two attached hydrogens (primary N) is 1. The van der Waals surface area contributed by atoms with Gasteiger partial charge in [-0.25, -0.2) is 0 Å². The van der Waals surface area contributed by atoms with E-state index in [-0.39, 0.29) is 5.91 Å². The van der Waals surface area contributed by atoms with Crippen LogP contribution in [0.25, 0.3) is 0 Å². The number of rotatable bonds is 6. The monoisotopic (exact) mass is 261 g/mol. The van der Waals surface area contributed by atoms with Crippen molar-refractivity contribution >= 4 is 5.91 Å². The SMILES string of the molecule is NCc1ccccc1CC(=O)NCCN1CCCC1. The highest BCUT2D eigenvalue weighted by atomic mass is 16.1. The topological polar surface area (TPSA) is 58.4 Å². The molecule has 0 bridgehead atoms. The van der Waals surface area contributed by atoms with E-state index in [1.807, 2.05) is 24.3 Å². The largest absolute Gasteiger partial charge is 0.355 e.